The number of halogens is 2. The number of hydrogen-bond acceptors (Lipinski definition) is 3. The number of hydrogen-bond donors (Lipinski definition) is 1. The van der Waals surface area contributed by atoms with E-state index in [0.29, 0.717) is 23.3 Å². The largest absolute Gasteiger partial charge is 0.488 e. The van der Waals surface area contributed by atoms with Gasteiger partial charge in [0, 0.05) is 5.56 Å². The van der Waals surface area contributed by atoms with Crippen molar-refractivity contribution in [3.05, 3.63) is 82.4 Å². The molecule has 0 amide bonds. The summed E-state index contributed by atoms with van der Waals surface area (Å²) in [5.74, 6) is 0.803. The molecule has 5 nitrogen and oxygen atoms in total. The second-order valence-corrected chi connectivity index (χ2v) is 6.69. The lowest BCUT2D eigenvalue weighted by Crippen LogP contribution is -2.48. The van der Waals surface area contributed by atoms with Crippen molar-refractivity contribution in [2.45, 2.75) is 12.6 Å². The van der Waals surface area contributed by atoms with Crippen molar-refractivity contribution in [3.63, 3.8) is 0 Å². The third-order valence-electron chi connectivity index (χ3n) is 4.18. The molecule has 3 aromatic rings. The molecule has 1 aliphatic rings. The van der Waals surface area contributed by atoms with E-state index in [1.807, 2.05) is 53.6 Å². The van der Waals surface area contributed by atoms with Gasteiger partial charge in [0.05, 0.1) is 10.0 Å². The van der Waals surface area contributed by atoms with Gasteiger partial charge in [-0.15, -0.1) is 0 Å². The fourth-order valence-electron chi connectivity index (χ4n) is 2.87. The number of para-hydroxylation sites is 1. The lowest BCUT2D eigenvalue weighted by Gasteiger charge is -2.24. The first-order chi connectivity index (χ1) is 12.7. The number of imidazole rings is 1. The van der Waals surface area contributed by atoms with Crippen molar-refractivity contribution >= 4 is 28.9 Å². The quantitative estimate of drug-likeness (QED) is 0.538. The zero-order valence-electron chi connectivity index (χ0n) is 13.7. The molecule has 4 rings (SSSR count). The van der Waals surface area contributed by atoms with Gasteiger partial charge in [0.25, 0.3) is 0 Å². The molecule has 0 saturated carbocycles. The van der Waals surface area contributed by atoms with Gasteiger partial charge in [-0.25, -0.2) is 4.57 Å². The smallest absolute Gasteiger partial charge is 0.242 e. The predicted molar refractivity (Wildman–Crippen MR) is 99.7 cm³/mol. The molecule has 1 N–H and O–H groups in total. The molecular weight excluding hydrogens is 373 g/mol. The van der Waals surface area contributed by atoms with Crippen LogP contribution in [-0.2, 0) is 11.4 Å². The molecule has 132 valence electrons. The minimum Gasteiger partial charge on any atom is -0.488 e. The summed E-state index contributed by atoms with van der Waals surface area (Å²) < 4.78 is 7.89. The summed E-state index contributed by atoms with van der Waals surface area (Å²) >= 11 is 12.0. The molecular formula is C19H16Cl2N3O2+. The molecule has 0 radical (unpaired) electrons. The van der Waals surface area contributed by atoms with Crippen LogP contribution < -0.4 is 9.30 Å². The van der Waals surface area contributed by atoms with Gasteiger partial charge in [0.2, 0.25) is 6.33 Å². The van der Waals surface area contributed by atoms with Crippen LogP contribution in [0.15, 0.2) is 66.3 Å². The highest BCUT2D eigenvalue weighted by Crippen LogP contribution is 2.28. The molecule has 0 spiro atoms. The van der Waals surface area contributed by atoms with Crippen molar-refractivity contribution in [1.29, 1.82) is 0 Å². The molecule has 2 aromatic carbocycles. The zero-order chi connectivity index (χ0) is 17.9. The molecule has 1 unspecified atom stereocenters. The fourth-order valence-corrected chi connectivity index (χ4v) is 3.19. The molecule has 2 heterocycles. The van der Waals surface area contributed by atoms with Gasteiger partial charge in [0.1, 0.15) is 37.1 Å². The Morgan fingerprint density at radius 3 is 2.88 bits per heavy atom. The van der Waals surface area contributed by atoms with Crippen molar-refractivity contribution in [1.82, 2.24) is 4.98 Å². The number of fused-ring (bicyclic) bond motifs is 1. The van der Waals surface area contributed by atoms with E-state index < -0.39 is 0 Å². The second kappa shape index (κ2) is 7.40. The van der Waals surface area contributed by atoms with Gasteiger partial charge in [-0.3, -0.25) is 4.98 Å². The van der Waals surface area contributed by atoms with Crippen molar-refractivity contribution in [2.75, 3.05) is 6.61 Å². The lowest BCUT2D eigenvalue weighted by atomic mass is 10.00. The van der Waals surface area contributed by atoms with Crippen LogP contribution in [0.3, 0.4) is 0 Å². The lowest BCUT2D eigenvalue weighted by molar-refractivity contribution is -0.706. The van der Waals surface area contributed by atoms with Crippen LogP contribution in [0.5, 0.6) is 5.75 Å². The Kier molecular flexibility index (Phi) is 4.82. The van der Waals surface area contributed by atoms with Gasteiger partial charge >= 0.3 is 0 Å². The van der Waals surface area contributed by atoms with Crippen molar-refractivity contribution in [2.24, 2.45) is 5.16 Å². The molecule has 1 atom stereocenters. The number of ether oxygens (including phenoxy) is 1. The van der Waals surface area contributed by atoms with Gasteiger partial charge < -0.3 is 9.57 Å². The fraction of sp³-hybridized carbons (Fsp3) is 0.158. The molecule has 1 aliphatic heterocycles. The van der Waals surface area contributed by atoms with Crippen LogP contribution in [-0.4, -0.2) is 17.3 Å². The number of benzene rings is 2. The van der Waals surface area contributed by atoms with E-state index in [9.17, 15) is 0 Å². The summed E-state index contributed by atoms with van der Waals surface area (Å²) in [4.78, 5) is 8.70. The van der Waals surface area contributed by atoms with E-state index in [1.54, 1.807) is 12.1 Å². The minimum absolute atomic E-state index is 0.0787. The molecule has 7 heteroatoms. The first-order valence-corrected chi connectivity index (χ1v) is 8.87. The zero-order valence-corrected chi connectivity index (χ0v) is 15.2. The Morgan fingerprint density at radius 2 is 2.08 bits per heavy atom. The van der Waals surface area contributed by atoms with E-state index in [2.05, 4.69) is 10.1 Å². The van der Waals surface area contributed by atoms with Gasteiger partial charge in [0.15, 0.2) is 6.04 Å². The number of H-pyrrole nitrogens is 1. The third kappa shape index (κ3) is 3.41. The maximum absolute atomic E-state index is 6.05. The Bertz CT molecular complexity index is 942. The molecule has 0 bridgehead atoms. The normalized spacial score (nSPS) is 17.6. The SMILES string of the molecule is Clc1ccc(CO/N=C2/c3ccccc3OCC2[n+]2cc[nH]c2)cc1Cl. The van der Waals surface area contributed by atoms with Crippen LogP contribution in [0.2, 0.25) is 10.0 Å². The Labute approximate surface area is 160 Å². The highest BCUT2D eigenvalue weighted by Gasteiger charge is 2.32. The molecule has 0 saturated heterocycles. The molecule has 0 aliphatic carbocycles. The average Bonchev–Trinajstić information content (AvgIpc) is 3.19. The Balaban J connectivity index is 1.61. The number of oxime groups is 1. The maximum Gasteiger partial charge on any atom is 0.242 e. The molecule has 0 fully saturated rings. The van der Waals surface area contributed by atoms with E-state index in [1.165, 1.54) is 0 Å². The maximum atomic E-state index is 6.05. The van der Waals surface area contributed by atoms with Crippen molar-refractivity contribution < 1.29 is 14.1 Å². The highest BCUT2D eigenvalue weighted by molar-refractivity contribution is 6.42. The second-order valence-electron chi connectivity index (χ2n) is 5.88. The number of nitrogens with one attached hydrogen (secondary N) is 1. The summed E-state index contributed by atoms with van der Waals surface area (Å²) in [6.07, 6.45) is 5.67. The van der Waals surface area contributed by atoms with E-state index >= 15 is 0 Å². The summed E-state index contributed by atoms with van der Waals surface area (Å²) in [5, 5.41) is 5.45. The van der Waals surface area contributed by atoms with Gasteiger partial charge in [-0.2, -0.15) is 0 Å². The predicted octanol–water partition coefficient (Wildman–Crippen LogP) is 4.16. The standard InChI is InChI=1S/C19H15Cl2N3O2/c20-15-6-5-13(9-16(15)21)10-26-23-19-14-3-1-2-4-18(14)25-11-17(19)24-8-7-22-12-24/h1-9,12,17H,10-11H2/p+1/b23-19-. The first kappa shape index (κ1) is 16.9. The minimum atomic E-state index is -0.0787. The van der Waals surface area contributed by atoms with E-state index in [-0.39, 0.29) is 6.04 Å². The van der Waals surface area contributed by atoms with Crippen LogP contribution in [0.25, 0.3) is 0 Å². The van der Waals surface area contributed by atoms with Crippen LogP contribution in [0.4, 0.5) is 0 Å². The Hall–Kier alpha value is -2.50. The summed E-state index contributed by atoms with van der Waals surface area (Å²) in [5.41, 5.74) is 2.64. The number of aromatic nitrogens is 2. The van der Waals surface area contributed by atoms with E-state index in [0.717, 1.165) is 22.6 Å². The van der Waals surface area contributed by atoms with Crippen LogP contribution in [0, 0.1) is 0 Å². The number of nitrogens with zero attached hydrogens (tertiary/aromatic N) is 2. The molecule has 26 heavy (non-hydrogen) atoms. The topological polar surface area (TPSA) is 50.5 Å². The molecule has 1 aromatic heterocycles. The average molecular weight is 389 g/mol. The van der Waals surface area contributed by atoms with Crippen LogP contribution in [0.1, 0.15) is 17.2 Å². The van der Waals surface area contributed by atoms with E-state index in [4.69, 9.17) is 32.8 Å². The summed E-state index contributed by atoms with van der Waals surface area (Å²) in [6.45, 7) is 0.780. The highest BCUT2D eigenvalue weighted by atomic mass is 35.5. The van der Waals surface area contributed by atoms with Gasteiger partial charge in [-0.1, -0.05) is 46.6 Å². The summed E-state index contributed by atoms with van der Waals surface area (Å²) in [6, 6.07) is 13.1. The van der Waals surface area contributed by atoms with Crippen molar-refractivity contribution in [3.8, 4) is 5.75 Å². The monoisotopic (exact) mass is 388 g/mol. The third-order valence-corrected chi connectivity index (χ3v) is 4.92. The number of rotatable bonds is 4. The first-order valence-electron chi connectivity index (χ1n) is 8.12. The van der Waals surface area contributed by atoms with Crippen LogP contribution >= 0.6 is 23.2 Å². The Morgan fingerprint density at radius 1 is 1.19 bits per heavy atom. The number of aromatic amines is 1. The summed E-state index contributed by atoms with van der Waals surface area (Å²) in [7, 11) is 0. The van der Waals surface area contributed by atoms with Gasteiger partial charge in [-0.05, 0) is 29.8 Å².